The van der Waals surface area contributed by atoms with Crippen LogP contribution >= 0.6 is 0 Å². The molecule has 0 amide bonds. The minimum atomic E-state index is -0.491. The number of hydrogen-bond acceptors (Lipinski definition) is 4. The number of carbonyl (C=O) groups excluding carboxylic acids is 1. The molecule has 0 N–H and O–H groups in total. The second kappa shape index (κ2) is 11.7. The van der Waals surface area contributed by atoms with Crippen molar-refractivity contribution in [2.45, 2.75) is 139 Å². The third-order valence-corrected chi connectivity index (χ3v) is 11.8. The number of ether oxygens (including phenoxy) is 3. The molecule has 0 aromatic heterocycles. The van der Waals surface area contributed by atoms with Crippen molar-refractivity contribution in [3.05, 3.63) is 0 Å². The second-order valence-corrected chi connectivity index (χ2v) is 15.6. The van der Waals surface area contributed by atoms with Crippen LogP contribution in [0.1, 0.15) is 121 Å². The Morgan fingerprint density at radius 3 is 2.18 bits per heavy atom. The average molecular weight is 533 g/mol. The molecule has 9 unspecified atom stereocenters. The number of hydrogen-bond donors (Lipinski definition) is 0. The Morgan fingerprint density at radius 2 is 1.58 bits per heavy atom. The summed E-state index contributed by atoms with van der Waals surface area (Å²) in [4.78, 5) is 13.7. The van der Waals surface area contributed by atoms with Crippen molar-refractivity contribution < 1.29 is 19.0 Å². The Balaban J connectivity index is 1.48. The Kier molecular flexibility index (Phi) is 9.35. The zero-order valence-electron chi connectivity index (χ0n) is 26.4. The fraction of sp³-hybridized carbons (Fsp3) is 0.971. The SMILES string of the molecule is CCOC(C)OC(CC(=O)OC(C)(C)C1(C)CC(C)CC2CC(C2)C1)C1CC2CC1C(C(C)C)C2C(C)C. The van der Waals surface area contributed by atoms with Crippen LogP contribution in [0.25, 0.3) is 0 Å². The standard InChI is InChI=1S/C34H60O4/c1-11-36-23(7)37-29(27-15-26-16-28(27)32(21(4)5)31(26)20(2)3)17-30(35)38-33(8,9)34(10)18-22(6)12-24-13-25(14-24)19-34/h20-29,31-32H,11-19H2,1-10H3. The molecule has 0 aromatic carbocycles. The first-order valence-electron chi connectivity index (χ1n) is 16.2. The van der Waals surface area contributed by atoms with Gasteiger partial charge in [0.05, 0.1) is 12.5 Å². The van der Waals surface area contributed by atoms with E-state index in [1.165, 1.54) is 38.5 Å². The third-order valence-electron chi connectivity index (χ3n) is 11.8. The molecule has 0 radical (unpaired) electrons. The fourth-order valence-electron chi connectivity index (χ4n) is 10.2. The molecule has 0 heterocycles. The molecule has 5 fully saturated rings. The number of rotatable bonds is 11. The van der Waals surface area contributed by atoms with E-state index < -0.39 is 5.60 Å². The lowest BCUT2D eigenvalue weighted by molar-refractivity contribution is -0.198. The van der Waals surface area contributed by atoms with E-state index in [4.69, 9.17) is 14.2 Å². The Bertz CT molecular complexity index is 794. The van der Waals surface area contributed by atoms with Gasteiger partial charge in [-0.3, -0.25) is 4.79 Å². The van der Waals surface area contributed by atoms with Gasteiger partial charge in [-0.1, -0.05) is 41.5 Å². The van der Waals surface area contributed by atoms with Crippen molar-refractivity contribution >= 4 is 5.97 Å². The molecular weight excluding hydrogens is 472 g/mol. The molecule has 0 saturated heterocycles. The highest BCUT2D eigenvalue weighted by atomic mass is 16.7. The van der Waals surface area contributed by atoms with E-state index in [1.807, 2.05) is 13.8 Å². The smallest absolute Gasteiger partial charge is 0.308 e. The zero-order valence-corrected chi connectivity index (χ0v) is 26.4. The Morgan fingerprint density at radius 1 is 0.921 bits per heavy atom. The molecule has 4 bridgehead atoms. The highest BCUT2D eigenvalue weighted by Gasteiger charge is 2.56. The molecule has 4 nitrogen and oxygen atoms in total. The summed E-state index contributed by atoms with van der Waals surface area (Å²) in [5.41, 5.74) is -0.485. The van der Waals surface area contributed by atoms with Crippen molar-refractivity contribution in [1.82, 2.24) is 0 Å². The molecule has 5 aliphatic rings. The van der Waals surface area contributed by atoms with Crippen LogP contribution in [0.15, 0.2) is 0 Å². The number of fused-ring (bicyclic) bond motifs is 6. The summed E-state index contributed by atoms with van der Waals surface area (Å²) in [6.45, 7) is 23.3. The van der Waals surface area contributed by atoms with Gasteiger partial charge in [-0.15, -0.1) is 0 Å². The molecule has 5 aliphatic carbocycles. The van der Waals surface area contributed by atoms with E-state index in [1.54, 1.807) is 0 Å². The number of carbonyl (C=O) groups is 1. The van der Waals surface area contributed by atoms with Crippen LogP contribution in [0.3, 0.4) is 0 Å². The molecule has 0 aromatic rings. The van der Waals surface area contributed by atoms with E-state index in [-0.39, 0.29) is 23.8 Å². The largest absolute Gasteiger partial charge is 0.459 e. The first kappa shape index (κ1) is 30.4. The zero-order chi connectivity index (χ0) is 28.0. The minimum Gasteiger partial charge on any atom is -0.459 e. The van der Waals surface area contributed by atoms with E-state index in [0.717, 1.165) is 30.1 Å². The van der Waals surface area contributed by atoms with E-state index >= 15 is 0 Å². The van der Waals surface area contributed by atoms with Gasteiger partial charge >= 0.3 is 5.97 Å². The van der Waals surface area contributed by atoms with Crippen molar-refractivity contribution in [2.75, 3.05) is 6.61 Å². The van der Waals surface area contributed by atoms with Crippen LogP contribution in [-0.2, 0) is 19.0 Å². The maximum atomic E-state index is 13.7. The predicted octanol–water partition coefficient (Wildman–Crippen LogP) is 8.52. The summed E-state index contributed by atoms with van der Waals surface area (Å²) in [6.07, 6.45) is 8.74. The van der Waals surface area contributed by atoms with E-state index in [0.29, 0.717) is 48.5 Å². The van der Waals surface area contributed by atoms with Crippen molar-refractivity contribution in [3.63, 3.8) is 0 Å². The van der Waals surface area contributed by atoms with Crippen LogP contribution in [0.5, 0.6) is 0 Å². The first-order chi connectivity index (χ1) is 17.7. The minimum absolute atomic E-state index is 0.00670. The summed E-state index contributed by atoms with van der Waals surface area (Å²) in [5.74, 6) is 6.98. The van der Waals surface area contributed by atoms with Gasteiger partial charge in [-0.2, -0.15) is 0 Å². The summed E-state index contributed by atoms with van der Waals surface area (Å²) in [7, 11) is 0. The number of esters is 1. The molecule has 4 heteroatoms. The fourth-order valence-corrected chi connectivity index (χ4v) is 10.2. The van der Waals surface area contributed by atoms with Crippen molar-refractivity contribution in [3.8, 4) is 0 Å². The lowest BCUT2D eigenvalue weighted by Gasteiger charge is -2.52. The molecular formula is C34H60O4. The van der Waals surface area contributed by atoms with Crippen molar-refractivity contribution in [1.29, 1.82) is 0 Å². The monoisotopic (exact) mass is 532 g/mol. The van der Waals surface area contributed by atoms with Gasteiger partial charge in [0, 0.05) is 12.0 Å². The van der Waals surface area contributed by atoms with Gasteiger partial charge in [0.15, 0.2) is 6.29 Å². The topological polar surface area (TPSA) is 44.8 Å². The Labute approximate surface area is 234 Å². The van der Waals surface area contributed by atoms with Gasteiger partial charge in [0.25, 0.3) is 0 Å². The maximum Gasteiger partial charge on any atom is 0.308 e. The van der Waals surface area contributed by atoms with E-state index in [2.05, 4.69) is 55.4 Å². The molecule has 0 spiro atoms. The second-order valence-electron chi connectivity index (χ2n) is 15.6. The molecule has 38 heavy (non-hydrogen) atoms. The average Bonchev–Trinajstić information content (AvgIpc) is 3.34. The van der Waals surface area contributed by atoms with Crippen LogP contribution in [0.4, 0.5) is 0 Å². The molecule has 220 valence electrons. The summed E-state index contributed by atoms with van der Waals surface area (Å²) < 4.78 is 18.9. The third kappa shape index (κ3) is 6.17. The summed E-state index contributed by atoms with van der Waals surface area (Å²) in [5, 5.41) is 0. The van der Waals surface area contributed by atoms with E-state index in [9.17, 15) is 4.79 Å². The Hall–Kier alpha value is -0.610. The van der Waals surface area contributed by atoms with Crippen LogP contribution in [0, 0.1) is 64.6 Å². The molecule has 5 saturated carbocycles. The normalized spacial score (nSPS) is 40.5. The van der Waals surface area contributed by atoms with Crippen LogP contribution < -0.4 is 0 Å². The van der Waals surface area contributed by atoms with Gasteiger partial charge in [0.1, 0.15) is 5.60 Å². The van der Waals surface area contributed by atoms with Gasteiger partial charge in [-0.05, 0) is 132 Å². The highest BCUT2D eigenvalue weighted by Crippen LogP contribution is 2.61. The quantitative estimate of drug-likeness (QED) is 0.198. The van der Waals surface area contributed by atoms with Crippen molar-refractivity contribution in [2.24, 2.45) is 64.6 Å². The lowest BCUT2D eigenvalue weighted by Crippen LogP contribution is -2.50. The van der Waals surface area contributed by atoms with Gasteiger partial charge in [-0.25, -0.2) is 0 Å². The summed E-state index contributed by atoms with van der Waals surface area (Å²) in [6, 6.07) is 0. The van der Waals surface area contributed by atoms with Crippen LogP contribution in [0.2, 0.25) is 0 Å². The predicted molar refractivity (Wildman–Crippen MR) is 154 cm³/mol. The molecule has 0 aliphatic heterocycles. The van der Waals surface area contributed by atoms with Crippen LogP contribution in [-0.4, -0.2) is 30.6 Å². The van der Waals surface area contributed by atoms with Gasteiger partial charge < -0.3 is 14.2 Å². The maximum absolute atomic E-state index is 13.7. The first-order valence-corrected chi connectivity index (χ1v) is 16.2. The molecule has 9 atom stereocenters. The van der Waals surface area contributed by atoms with Gasteiger partial charge in [0.2, 0.25) is 0 Å². The highest BCUT2D eigenvalue weighted by molar-refractivity contribution is 5.70. The summed E-state index contributed by atoms with van der Waals surface area (Å²) >= 11 is 0. The molecule has 5 rings (SSSR count). The lowest BCUT2D eigenvalue weighted by atomic mass is 9.56.